The summed E-state index contributed by atoms with van der Waals surface area (Å²) in [7, 11) is 0. The average molecular weight is 326 g/mol. The Bertz CT molecular complexity index is 832. The fraction of sp³-hybridized carbons (Fsp3) is 0.167. The lowest BCUT2D eigenvalue weighted by Gasteiger charge is -2.15. The number of hydrogen-bond donors (Lipinski definition) is 1. The highest BCUT2D eigenvalue weighted by Crippen LogP contribution is 2.24. The second kappa shape index (κ2) is 6.23. The van der Waals surface area contributed by atoms with E-state index < -0.39 is 5.91 Å². The molecule has 2 aromatic rings. The van der Waals surface area contributed by atoms with E-state index in [0.29, 0.717) is 22.5 Å². The van der Waals surface area contributed by atoms with Gasteiger partial charge in [-0.1, -0.05) is 6.07 Å². The van der Waals surface area contributed by atoms with Crippen LogP contribution in [0, 0.1) is 12.7 Å². The number of nitrogens with zero attached hydrogens (tertiary/aromatic N) is 1. The van der Waals surface area contributed by atoms with E-state index >= 15 is 0 Å². The second-order valence-corrected chi connectivity index (χ2v) is 5.59. The molecule has 0 unspecified atom stereocenters. The van der Waals surface area contributed by atoms with E-state index in [0.717, 1.165) is 4.90 Å². The van der Waals surface area contributed by atoms with Gasteiger partial charge in [0.05, 0.1) is 5.69 Å². The number of nitrogens with one attached hydrogen (secondary N) is 1. The Kier molecular flexibility index (Phi) is 4.12. The fourth-order valence-electron chi connectivity index (χ4n) is 2.61. The molecule has 5 nitrogen and oxygen atoms in total. The molecule has 0 atom stereocenters. The topological polar surface area (TPSA) is 66.5 Å². The number of rotatable bonds is 3. The van der Waals surface area contributed by atoms with Gasteiger partial charge < -0.3 is 5.32 Å². The van der Waals surface area contributed by atoms with Gasteiger partial charge in [0.1, 0.15) is 5.82 Å². The van der Waals surface area contributed by atoms with Crippen LogP contribution in [-0.4, -0.2) is 17.7 Å². The van der Waals surface area contributed by atoms with Gasteiger partial charge in [-0.25, -0.2) is 4.39 Å². The van der Waals surface area contributed by atoms with E-state index in [1.807, 2.05) is 0 Å². The lowest BCUT2D eigenvalue weighted by atomic mass is 10.1. The van der Waals surface area contributed by atoms with Crippen LogP contribution in [0.1, 0.15) is 28.8 Å². The third kappa shape index (κ3) is 3.03. The molecule has 0 aromatic heterocycles. The minimum absolute atomic E-state index is 0.185. The number of anilines is 2. The van der Waals surface area contributed by atoms with Gasteiger partial charge in [0.2, 0.25) is 11.8 Å². The fourth-order valence-corrected chi connectivity index (χ4v) is 2.61. The molecule has 1 aliphatic heterocycles. The number of benzene rings is 2. The van der Waals surface area contributed by atoms with Crippen LogP contribution >= 0.6 is 0 Å². The van der Waals surface area contributed by atoms with E-state index in [1.54, 1.807) is 25.1 Å². The Balaban J connectivity index is 1.84. The predicted molar refractivity (Wildman–Crippen MR) is 87.3 cm³/mol. The standard InChI is InChI=1S/C18H15FN2O3/c1-11-9-13(19)5-6-15(11)20-18(24)12-3-2-4-14(10-12)21-16(22)7-8-17(21)23/h2-6,9-10H,7-8H2,1H3,(H,20,24). The monoisotopic (exact) mass is 326 g/mol. The van der Waals surface area contributed by atoms with Gasteiger partial charge in [-0.05, 0) is 48.9 Å². The van der Waals surface area contributed by atoms with Gasteiger partial charge in [-0.15, -0.1) is 0 Å². The number of amides is 3. The second-order valence-electron chi connectivity index (χ2n) is 5.59. The molecule has 1 aliphatic rings. The molecule has 1 heterocycles. The molecular weight excluding hydrogens is 311 g/mol. The Morgan fingerprint density at radius 2 is 1.79 bits per heavy atom. The van der Waals surface area contributed by atoms with Gasteiger partial charge >= 0.3 is 0 Å². The van der Waals surface area contributed by atoms with E-state index in [1.165, 1.54) is 24.3 Å². The van der Waals surface area contributed by atoms with E-state index in [9.17, 15) is 18.8 Å². The van der Waals surface area contributed by atoms with Crippen LogP contribution < -0.4 is 10.2 Å². The molecule has 0 bridgehead atoms. The number of aryl methyl sites for hydroxylation is 1. The molecule has 0 saturated carbocycles. The van der Waals surface area contributed by atoms with Crippen molar-refractivity contribution in [2.24, 2.45) is 0 Å². The summed E-state index contributed by atoms with van der Waals surface area (Å²) < 4.78 is 13.1. The van der Waals surface area contributed by atoms with Gasteiger partial charge in [0, 0.05) is 24.1 Å². The summed E-state index contributed by atoms with van der Waals surface area (Å²) in [5.41, 5.74) is 1.79. The summed E-state index contributed by atoms with van der Waals surface area (Å²) in [5.74, 6) is -1.32. The molecule has 0 spiro atoms. The van der Waals surface area contributed by atoms with Gasteiger partial charge in [-0.3, -0.25) is 19.3 Å². The zero-order valence-electron chi connectivity index (χ0n) is 13.0. The highest BCUT2D eigenvalue weighted by atomic mass is 19.1. The minimum Gasteiger partial charge on any atom is -0.322 e. The van der Waals surface area contributed by atoms with Crippen LogP contribution in [0.4, 0.5) is 15.8 Å². The molecule has 1 saturated heterocycles. The first kappa shape index (κ1) is 15.9. The highest BCUT2D eigenvalue weighted by Gasteiger charge is 2.30. The lowest BCUT2D eigenvalue weighted by molar-refractivity contribution is -0.121. The molecule has 24 heavy (non-hydrogen) atoms. The molecule has 1 fully saturated rings. The lowest BCUT2D eigenvalue weighted by Crippen LogP contribution is -2.28. The van der Waals surface area contributed by atoms with Crippen molar-refractivity contribution in [1.82, 2.24) is 0 Å². The molecule has 122 valence electrons. The maximum atomic E-state index is 13.1. The average Bonchev–Trinajstić information content (AvgIpc) is 2.89. The Hall–Kier alpha value is -3.02. The van der Waals surface area contributed by atoms with E-state index in [2.05, 4.69) is 5.32 Å². The smallest absolute Gasteiger partial charge is 0.255 e. The van der Waals surface area contributed by atoms with Crippen molar-refractivity contribution in [3.63, 3.8) is 0 Å². The third-order valence-electron chi connectivity index (χ3n) is 3.85. The van der Waals surface area contributed by atoms with Crippen molar-refractivity contribution in [2.45, 2.75) is 19.8 Å². The number of carbonyl (C=O) groups is 3. The molecule has 0 aliphatic carbocycles. The first-order chi connectivity index (χ1) is 11.5. The molecule has 3 amide bonds. The first-order valence-electron chi connectivity index (χ1n) is 7.49. The molecule has 3 rings (SSSR count). The zero-order valence-corrected chi connectivity index (χ0v) is 13.0. The molecule has 6 heteroatoms. The van der Waals surface area contributed by atoms with Gasteiger partial charge in [0.15, 0.2) is 0 Å². The van der Waals surface area contributed by atoms with Crippen molar-refractivity contribution in [3.05, 3.63) is 59.4 Å². The maximum absolute atomic E-state index is 13.1. The van der Waals surface area contributed by atoms with Crippen LogP contribution in [0.3, 0.4) is 0 Å². The van der Waals surface area contributed by atoms with Crippen LogP contribution in [0.2, 0.25) is 0 Å². The van der Waals surface area contributed by atoms with Crippen molar-refractivity contribution in [2.75, 3.05) is 10.2 Å². The number of halogens is 1. The first-order valence-corrected chi connectivity index (χ1v) is 7.49. The third-order valence-corrected chi connectivity index (χ3v) is 3.85. The largest absolute Gasteiger partial charge is 0.322 e. The van der Waals surface area contributed by atoms with E-state index in [4.69, 9.17) is 0 Å². The molecule has 0 radical (unpaired) electrons. The normalized spacial score (nSPS) is 14.2. The van der Waals surface area contributed by atoms with Crippen molar-refractivity contribution >= 4 is 29.1 Å². The van der Waals surface area contributed by atoms with Crippen molar-refractivity contribution in [3.8, 4) is 0 Å². The van der Waals surface area contributed by atoms with Crippen LogP contribution in [0.15, 0.2) is 42.5 Å². The summed E-state index contributed by atoms with van der Waals surface area (Å²) in [6.07, 6.45) is 0.369. The summed E-state index contributed by atoms with van der Waals surface area (Å²) in [5, 5.41) is 2.70. The van der Waals surface area contributed by atoms with Crippen LogP contribution in [0.5, 0.6) is 0 Å². The van der Waals surface area contributed by atoms with Crippen LogP contribution in [0.25, 0.3) is 0 Å². The quantitative estimate of drug-likeness (QED) is 0.882. The molecule has 2 aromatic carbocycles. The number of hydrogen-bond acceptors (Lipinski definition) is 3. The van der Waals surface area contributed by atoms with Crippen LogP contribution in [-0.2, 0) is 9.59 Å². The summed E-state index contributed by atoms with van der Waals surface area (Å²) in [6.45, 7) is 1.69. The Labute approximate surface area is 138 Å². The zero-order chi connectivity index (χ0) is 17.3. The van der Waals surface area contributed by atoms with Gasteiger partial charge in [0.25, 0.3) is 5.91 Å². The minimum atomic E-state index is -0.398. The molecular formula is C18H15FN2O3. The summed E-state index contributed by atoms with van der Waals surface area (Å²) >= 11 is 0. The number of carbonyl (C=O) groups excluding carboxylic acids is 3. The molecule has 1 N–H and O–H groups in total. The Morgan fingerprint density at radius 3 is 2.46 bits per heavy atom. The Morgan fingerprint density at radius 1 is 1.08 bits per heavy atom. The highest BCUT2D eigenvalue weighted by molar-refractivity contribution is 6.20. The SMILES string of the molecule is Cc1cc(F)ccc1NC(=O)c1cccc(N2C(=O)CCC2=O)c1. The van der Waals surface area contributed by atoms with Crippen molar-refractivity contribution < 1.29 is 18.8 Å². The van der Waals surface area contributed by atoms with E-state index in [-0.39, 0.29) is 30.5 Å². The summed E-state index contributed by atoms with van der Waals surface area (Å²) in [4.78, 5) is 37.1. The maximum Gasteiger partial charge on any atom is 0.255 e. The van der Waals surface area contributed by atoms with Crippen molar-refractivity contribution in [1.29, 1.82) is 0 Å². The summed E-state index contributed by atoms with van der Waals surface area (Å²) in [6, 6.07) is 10.4. The predicted octanol–water partition coefficient (Wildman–Crippen LogP) is 3.04. The van der Waals surface area contributed by atoms with Gasteiger partial charge in [-0.2, -0.15) is 0 Å². The number of imide groups is 1.